The normalized spacial score (nSPS) is 11.9. The first-order valence-corrected chi connectivity index (χ1v) is 9.71. The van der Waals surface area contributed by atoms with E-state index in [1.807, 2.05) is 0 Å². The second kappa shape index (κ2) is 5.49. The molecule has 2 nitrogen and oxygen atoms in total. The molecule has 0 atom stereocenters. The number of nitrogens with one attached hydrogen (secondary N) is 2. The molecule has 2 heteroatoms. The first-order valence-electron chi connectivity index (χ1n) is 9.71. The lowest BCUT2D eigenvalue weighted by molar-refractivity contribution is 1.47. The molecule has 134 valence electrons. The van der Waals surface area contributed by atoms with Crippen LogP contribution in [0.5, 0.6) is 0 Å². The highest BCUT2D eigenvalue weighted by atomic mass is 14.7. The second-order valence-electron chi connectivity index (χ2n) is 7.81. The molecule has 28 heavy (non-hydrogen) atoms. The van der Waals surface area contributed by atoms with Crippen LogP contribution in [-0.4, -0.2) is 9.97 Å². The van der Waals surface area contributed by atoms with Gasteiger partial charge in [0.1, 0.15) is 0 Å². The maximum atomic E-state index is 3.74. The summed E-state index contributed by atoms with van der Waals surface area (Å²) in [4.78, 5) is 7.40. The molecule has 0 unspecified atom stereocenters. The van der Waals surface area contributed by atoms with Gasteiger partial charge in [0, 0.05) is 38.1 Å². The van der Waals surface area contributed by atoms with Crippen molar-refractivity contribution in [2.45, 2.75) is 13.8 Å². The van der Waals surface area contributed by atoms with Crippen LogP contribution < -0.4 is 0 Å². The average molecular weight is 360 g/mol. The molecule has 0 aliphatic rings. The van der Waals surface area contributed by atoms with Crippen LogP contribution in [0.2, 0.25) is 0 Å². The smallest absolute Gasteiger partial charge is 0.0572 e. The Labute approximate surface area is 162 Å². The van der Waals surface area contributed by atoms with Crippen LogP contribution in [0.15, 0.2) is 72.8 Å². The van der Waals surface area contributed by atoms with Crippen LogP contribution in [0.25, 0.3) is 54.7 Å². The van der Waals surface area contributed by atoms with Crippen LogP contribution in [0.3, 0.4) is 0 Å². The van der Waals surface area contributed by atoms with Crippen LogP contribution >= 0.6 is 0 Å². The lowest BCUT2D eigenvalue weighted by atomic mass is 9.96. The van der Waals surface area contributed by atoms with Gasteiger partial charge in [-0.2, -0.15) is 0 Å². The second-order valence-corrected chi connectivity index (χ2v) is 7.81. The summed E-state index contributed by atoms with van der Waals surface area (Å²) < 4.78 is 0. The van der Waals surface area contributed by atoms with Crippen LogP contribution in [-0.2, 0) is 0 Å². The van der Waals surface area contributed by atoms with E-state index in [0.29, 0.717) is 0 Å². The fourth-order valence-electron chi connectivity index (χ4n) is 4.55. The van der Waals surface area contributed by atoms with Gasteiger partial charge in [0.2, 0.25) is 0 Å². The molecule has 6 rings (SSSR count). The van der Waals surface area contributed by atoms with Gasteiger partial charge in [0.25, 0.3) is 0 Å². The SMILES string of the molecule is Cc1ccc2c(c1)[nH]c1c2c(-c2ccccc2)cc2[nH]c3cc(C)ccc3c21. The number of aromatic nitrogens is 2. The molecule has 2 aromatic heterocycles. The molecule has 0 aliphatic carbocycles. The van der Waals surface area contributed by atoms with Crippen molar-refractivity contribution in [1.29, 1.82) is 0 Å². The van der Waals surface area contributed by atoms with E-state index >= 15 is 0 Å². The quantitative estimate of drug-likeness (QED) is 0.310. The summed E-state index contributed by atoms with van der Waals surface area (Å²) in [5.41, 5.74) is 9.82. The van der Waals surface area contributed by atoms with Crippen molar-refractivity contribution < 1.29 is 0 Å². The minimum absolute atomic E-state index is 1.18. The number of hydrogen-bond acceptors (Lipinski definition) is 0. The lowest BCUT2D eigenvalue weighted by Crippen LogP contribution is -1.82. The molecule has 6 aromatic rings. The zero-order valence-corrected chi connectivity index (χ0v) is 15.9. The van der Waals surface area contributed by atoms with E-state index in [1.54, 1.807) is 0 Å². The molecular formula is C26H20N2. The van der Waals surface area contributed by atoms with Gasteiger partial charge in [-0.05, 0) is 54.3 Å². The average Bonchev–Trinajstić information content (AvgIpc) is 3.24. The van der Waals surface area contributed by atoms with Gasteiger partial charge in [-0.15, -0.1) is 0 Å². The van der Waals surface area contributed by atoms with Gasteiger partial charge >= 0.3 is 0 Å². The Morgan fingerprint density at radius 1 is 0.571 bits per heavy atom. The Bertz CT molecular complexity index is 1510. The number of H-pyrrole nitrogens is 2. The number of fused-ring (bicyclic) bond motifs is 7. The Hall–Kier alpha value is -3.52. The van der Waals surface area contributed by atoms with Crippen molar-refractivity contribution in [3.8, 4) is 11.1 Å². The fraction of sp³-hybridized carbons (Fsp3) is 0.0769. The maximum absolute atomic E-state index is 3.74. The summed E-state index contributed by atoms with van der Waals surface area (Å²) in [5.74, 6) is 0. The molecule has 0 saturated carbocycles. The monoisotopic (exact) mass is 360 g/mol. The number of aromatic amines is 2. The van der Waals surface area contributed by atoms with Crippen LogP contribution in [0, 0.1) is 13.8 Å². The van der Waals surface area contributed by atoms with Crippen molar-refractivity contribution in [3.05, 3.63) is 83.9 Å². The standard InChI is InChI=1S/C26H20N2/c1-15-9-11-19-21(12-15)27-23-14-20(17-6-4-3-5-7-17)24-18-10-8-16(2)13-22(18)28-26(24)25(19)23/h3-14,27-28H,1-2H3. The number of hydrogen-bond donors (Lipinski definition) is 2. The van der Waals surface area contributed by atoms with Gasteiger partial charge in [0.05, 0.1) is 5.52 Å². The van der Waals surface area contributed by atoms with Gasteiger partial charge < -0.3 is 9.97 Å². The topological polar surface area (TPSA) is 31.6 Å². The Balaban J connectivity index is 1.89. The van der Waals surface area contributed by atoms with Gasteiger partial charge in [0.15, 0.2) is 0 Å². The molecule has 2 N–H and O–H groups in total. The Morgan fingerprint density at radius 3 is 1.93 bits per heavy atom. The van der Waals surface area contributed by atoms with Gasteiger partial charge in [-0.25, -0.2) is 0 Å². The number of aryl methyl sites for hydroxylation is 2. The predicted octanol–water partition coefficient (Wildman–Crippen LogP) is 7.24. The first kappa shape index (κ1) is 15.5. The lowest BCUT2D eigenvalue weighted by Gasteiger charge is -2.06. The zero-order valence-electron chi connectivity index (χ0n) is 15.9. The first-order chi connectivity index (χ1) is 13.7. The summed E-state index contributed by atoms with van der Waals surface area (Å²) in [5, 5.41) is 5.13. The van der Waals surface area contributed by atoms with Crippen molar-refractivity contribution in [2.75, 3.05) is 0 Å². The summed E-state index contributed by atoms with van der Waals surface area (Å²) in [6.45, 7) is 4.29. The largest absolute Gasteiger partial charge is 0.354 e. The van der Waals surface area contributed by atoms with Crippen molar-refractivity contribution >= 4 is 43.6 Å². The van der Waals surface area contributed by atoms with E-state index in [2.05, 4.69) is 96.6 Å². The third-order valence-corrected chi connectivity index (χ3v) is 5.83. The molecule has 0 aliphatic heterocycles. The van der Waals surface area contributed by atoms with Crippen molar-refractivity contribution in [3.63, 3.8) is 0 Å². The third kappa shape index (κ3) is 2.09. The minimum atomic E-state index is 1.18. The van der Waals surface area contributed by atoms with Crippen LogP contribution in [0.1, 0.15) is 11.1 Å². The molecule has 0 saturated heterocycles. The van der Waals surface area contributed by atoms with Crippen LogP contribution in [0.4, 0.5) is 0 Å². The third-order valence-electron chi connectivity index (χ3n) is 5.83. The molecule has 0 fully saturated rings. The number of rotatable bonds is 1. The van der Waals surface area contributed by atoms with E-state index in [0.717, 1.165) is 0 Å². The molecule has 0 spiro atoms. The van der Waals surface area contributed by atoms with Gasteiger partial charge in [-0.1, -0.05) is 54.6 Å². The summed E-state index contributed by atoms with van der Waals surface area (Å²) in [6.07, 6.45) is 0. The molecule has 2 heterocycles. The van der Waals surface area contributed by atoms with Crippen molar-refractivity contribution in [1.82, 2.24) is 9.97 Å². The Morgan fingerprint density at radius 2 is 1.21 bits per heavy atom. The van der Waals surface area contributed by atoms with E-state index in [4.69, 9.17) is 0 Å². The van der Waals surface area contributed by atoms with Gasteiger partial charge in [-0.3, -0.25) is 0 Å². The predicted molar refractivity (Wildman–Crippen MR) is 120 cm³/mol. The highest BCUT2D eigenvalue weighted by Crippen LogP contribution is 2.41. The zero-order chi connectivity index (χ0) is 18.8. The summed E-state index contributed by atoms with van der Waals surface area (Å²) in [6, 6.07) is 26.4. The summed E-state index contributed by atoms with van der Waals surface area (Å²) >= 11 is 0. The van der Waals surface area contributed by atoms with E-state index in [-0.39, 0.29) is 0 Å². The molecule has 4 aromatic carbocycles. The highest BCUT2D eigenvalue weighted by molar-refractivity contribution is 6.28. The van der Waals surface area contributed by atoms with E-state index in [9.17, 15) is 0 Å². The molecular weight excluding hydrogens is 340 g/mol. The minimum Gasteiger partial charge on any atom is -0.354 e. The van der Waals surface area contributed by atoms with E-state index in [1.165, 1.54) is 65.9 Å². The molecule has 0 radical (unpaired) electrons. The van der Waals surface area contributed by atoms with E-state index < -0.39 is 0 Å². The fourth-order valence-corrected chi connectivity index (χ4v) is 4.55. The maximum Gasteiger partial charge on any atom is 0.0572 e. The Kier molecular flexibility index (Phi) is 3.05. The number of benzene rings is 4. The summed E-state index contributed by atoms with van der Waals surface area (Å²) in [7, 11) is 0. The molecule has 0 amide bonds. The highest BCUT2D eigenvalue weighted by Gasteiger charge is 2.17. The van der Waals surface area contributed by atoms with Crippen molar-refractivity contribution in [2.24, 2.45) is 0 Å². The molecule has 0 bridgehead atoms.